The van der Waals surface area contributed by atoms with Gasteiger partial charge in [-0.2, -0.15) is 13.2 Å². The van der Waals surface area contributed by atoms with E-state index in [1.807, 2.05) is 13.8 Å². The van der Waals surface area contributed by atoms with Crippen molar-refractivity contribution in [3.8, 4) is 0 Å². The summed E-state index contributed by atoms with van der Waals surface area (Å²) in [5.41, 5.74) is 0.611. The lowest BCUT2D eigenvalue weighted by atomic mass is 9.92. The molecular formula is C22H20Cl2F3N3O2. The molecule has 0 bridgehead atoms. The van der Waals surface area contributed by atoms with E-state index >= 15 is 0 Å². The van der Waals surface area contributed by atoms with Crippen LogP contribution in [-0.2, 0) is 10.9 Å². The molecule has 2 atom stereocenters. The number of rotatable bonds is 6. The number of nitrogens with zero attached hydrogens (tertiary/aromatic N) is 3. The molecule has 10 heteroatoms. The van der Waals surface area contributed by atoms with Gasteiger partial charge in [0.2, 0.25) is 5.90 Å². The van der Waals surface area contributed by atoms with Gasteiger partial charge >= 0.3 is 6.18 Å². The third-order valence-corrected chi connectivity index (χ3v) is 5.77. The van der Waals surface area contributed by atoms with Crippen molar-refractivity contribution >= 4 is 41.0 Å². The standard InChI is InChI=1S/C22H20Cl2F3N3O2/c1-4-12(2)19(15-6-5-13(11-31)7-16(15)23)29-21(32-3)18-10-30-9-14(22(25,26)27)8-17(24)20(30)28-18/h5-12,19H,4H2,1-3H3. The summed E-state index contributed by atoms with van der Waals surface area (Å²) in [6, 6.07) is 5.33. The molecule has 0 aliphatic heterocycles. The second-order valence-electron chi connectivity index (χ2n) is 7.30. The van der Waals surface area contributed by atoms with Crippen LogP contribution in [-0.4, -0.2) is 28.7 Å². The van der Waals surface area contributed by atoms with Gasteiger partial charge in [0.15, 0.2) is 5.65 Å². The topological polar surface area (TPSA) is 56.0 Å². The molecule has 170 valence electrons. The fraction of sp³-hybridized carbons (Fsp3) is 0.318. The van der Waals surface area contributed by atoms with Crippen molar-refractivity contribution in [3.05, 3.63) is 69.1 Å². The molecule has 0 amide bonds. The largest absolute Gasteiger partial charge is 0.480 e. The maximum Gasteiger partial charge on any atom is 0.417 e. The fourth-order valence-electron chi connectivity index (χ4n) is 3.25. The quantitative estimate of drug-likeness (QED) is 0.223. The minimum Gasteiger partial charge on any atom is -0.480 e. The molecule has 0 aliphatic carbocycles. The van der Waals surface area contributed by atoms with Crippen LogP contribution in [0.1, 0.15) is 53.5 Å². The van der Waals surface area contributed by atoms with E-state index in [2.05, 4.69) is 4.98 Å². The van der Waals surface area contributed by atoms with E-state index in [1.165, 1.54) is 17.7 Å². The number of aliphatic imine (C=N–C) groups is 1. The number of carbonyl (C=O) groups excluding carboxylic acids is 1. The Morgan fingerprint density at radius 1 is 1.25 bits per heavy atom. The second-order valence-corrected chi connectivity index (χ2v) is 8.11. The van der Waals surface area contributed by atoms with E-state index in [9.17, 15) is 18.0 Å². The molecule has 0 spiro atoms. The number of alkyl halides is 3. The molecule has 2 heterocycles. The van der Waals surface area contributed by atoms with Crippen molar-refractivity contribution in [1.82, 2.24) is 9.38 Å². The Morgan fingerprint density at radius 2 is 1.97 bits per heavy atom. The Kier molecular flexibility index (Phi) is 7.15. The molecule has 0 radical (unpaired) electrons. The molecule has 0 aliphatic rings. The molecule has 5 nitrogen and oxygen atoms in total. The average molecular weight is 486 g/mol. The number of carbonyl (C=O) groups is 1. The molecule has 2 aromatic heterocycles. The van der Waals surface area contributed by atoms with E-state index in [-0.39, 0.29) is 28.2 Å². The molecule has 0 saturated heterocycles. The third-order valence-electron chi connectivity index (χ3n) is 5.16. The fourth-order valence-corrected chi connectivity index (χ4v) is 3.81. The van der Waals surface area contributed by atoms with Crippen LogP contribution < -0.4 is 0 Å². The number of imidazole rings is 1. The molecular weight excluding hydrogens is 466 g/mol. The van der Waals surface area contributed by atoms with Crippen molar-refractivity contribution in [2.45, 2.75) is 32.5 Å². The van der Waals surface area contributed by atoms with Crippen molar-refractivity contribution < 1.29 is 22.7 Å². The molecule has 0 N–H and O–H groups in total. The Labute approximate surface area is 192 Å². The van der Waals surface area contributed by atoms with Gasteiger partial charge in [0.1, 0.15) is 12.0 Å². The third kappa shape index (κ3) is 4.91. The molecule has 3 aromatic rings. The van der Waals surface area contributed by atoms with E-state index in [0.29, 0.717) is 22.4 Å². The van der Waals surface area contributed by atoms with Gasteiger partial charge in [0.05, 0.1) is 23.7 Å². The molecule has 3 rings (SSSR count). The minimum atomic E-state index is -4.55. The van der Waals surface area contributed by atoms with Gasteiger partial charge in [-0.3, -0.25) is 4.79 Å². The molecule has 2 unspecified atom stereocenters. The van der Waals surface area contributed by atoms with Gasteiger partial charge in [-0.1, -0.05) is 55.6 Å². The van der Waals surface area contributed by atoms with Gasteiger partial charge in [-0.25, -0.2) is 9.98 Å². The maximum absolute atomic E-state index is 13.1. The minimum absolute atomic E-state index is 0.0391. The summed E-state index contributed by atoms with van der Waals surface area (Å²) in [4.78, 5) is 20.1. The normalized spacial score (nSPS) is 14.4. The van der Waals surface area contributed by atoms with Gasteiger partial charge in [0, 0.05) is 23.0 Å². The zero-order valence-corrected chi connectivity index (χ0v) is 19.0. The number of benzene rings is 1. The Morgan fingerprint density at radius 3 is 2.53 bits per heavy atom. The Hall–Kier alpha value is -2.58. The zero-order valence-electron chi connectivity index (χ0n) is 17.5. The lowest BCUT2D eigenvalue weighted by molar-refractivity contribution is -0.137. The summed E-state index contributed by atoms with van der Waals surface area (Å²) >= 11 is 12.5. The van der Waals surface area contributed by atoms with Crippen LogP contribution in [0.4, 0.5) is 13.2 Å². The first kappa shape index (κ1) is 24.1. The van der Waals surface area contributed by atoms with Crippen LogP contribution in [0.15, 0.2) is 41.7 Å². The number of ether oxygens (including phenoxy) is 1. The Balaban J connectivity index is 2.11. The van der Waals surface area contributed by atoms with Gasteiger partial charge in [-0.15, -0.1) is 0 Å². The predicted octanol–water partition coefficient (Wildman–Crippen LogP) is 6.65. The number of pyridine rings is 1. The maximum atomic E-state index is 13.1. The van der Waals surface area contributed by atoms with Crippen LogP contribution in [0.5, 0.6) is 0 Å². The Bertz CT molecular complexity index is 1180. The van der Waals surface area contributed by atoms with E-state index in [4.69, 9.17) is 32.9 Å². The van der Waals surface area contributed by atoms with E-state index in [0.717, 1.165) is 18.7 Å². The summed E-state index contributed by atoms with van der Waals surface area (Å²) in [6.45, 7) is 3.98. The van der Waals surface area contributed by atoms with Crippen LogP contribution in [0.25, 0.3) is 5.65 Å². The van der Waals surface area contributed by atoms with Gasteiger partial charge < -0.3 is 9.14 Å². The van der Waals surface area contributed by atoms with Crippen molar-refractivity contribution in [3.63, 3.8) is 0 Å². The molecule has 1 aromatic carbocycles. The number of aldehydes is 1. The molecule has 0 fully saturated rings. The van der Waals surface area contributed by atoms with Crippen molar-refractivity contribution in [1.29, 1.82) is 0 Å². The number of aromatic nitrogens is 2. The van der Waals surface area contributed by atoms with Crippen LogP contribution >= 0.6 is 23.2 Å². The van der Waals surface area contributed by atoms with Crippen LogP contribution in [0, 0.1) is 5.92 Å². The zero-order chi connectivity index (χ0) is 23.6. The van der Waals surface area contributed by atoms with Crippen molar-refractivity contribution in [2.75, 3.05) is 7.11 Å². The lowest BCUT2D eigenvalue weighted by Gasteiger charge is -2.21. The summed E-state index contributed by atoms with van der Waals surface area (Å²) in [5, 5.41) is 0.236. The average Bonchev–Trinajstić information content (AvgIpc) is 3.18. The summed E-state index contributed by atoms with van der Waals surface area (Å²) < 4.78 is 46.0. The van der Waals surface area contributed by atoms with Crippen LogP contribution in [0.3, 0.4) is 0 Å². The van der Waals surface area contributed by atoms with Crippen LogP contribution in [0.2, 0.25) is 10.0 Å². The molecule has 0 saturated carbocycles. The monoisotopic (exact) mass is 485 g/mol. The number of hydrogen-bond acceptors (Lipinski definition) is 4. The number of hydrogen-bond donors (Lipinski definition) is 0. The smallest absolute Gasteiger partial charge is 0.417 e. The first-order valence-corrected chi connectivity index (χ1v) is 10.5. The number of fused-ring (bicyclic) bond motifs is 1. The highest BCUT2D eigenvalue weighted by Gasteiger charge is 2.32. The first-order valence-electron chi connectivity index (χ1n) is 9.71. The predicted molar refractivity (Wildman–Crippen MR) is 118 cm³/mol. The number of methoxy groups -OCH3 is 1. The highest BCUT2D eigenvalue weighted by Crippen LogP contribution is 2.35. The van der Waals surface area contributed by atoms with Crippen molar-refractivity contribution in [2.24, 2.45) is 10.9 Å². The summed E-state index contributed by atoms with van der Waals surface area (Å²) in [5.74, 6) is 0.163. The molecule has 32 heavy (non-hydrogen) atoms. The summed E-state index contributed by atoms with van der Waals surface area (Å²) in [6.07, 6.45) is -0.793. The highest BCUT2D eigenvalue weighted by molar-refractivity contribution is 6.33. The summed E-state index contributed by atoms with van der Waals surface area (Å²) in [7, 11) is 1.40. The van der Waals surface area contributed by atoms with E-state index < -0.39 is 17.8 Å². The lowest BCUT2D eigenvalue weighted by Crippen LogP contribution is -2.13. The second kappa shape index (κ2) is 9.50. The highest BCUT2D eigenvalue weighted by atomic mass is 35.5. The first-order chi connectivity index (χ1) is 15.1. The number of halogens is 5. The SMILES string of the molecule is CCC(C)C(N=C(OC)c1cn2cc(C(F)(F)F)cc(Cl)c2n1)c1ccc(C=O)cc1Cl. The van der Waals surface area contributed by atoms with Gasteiger partial charge in [0.25, 0.3) is 0 Å². The van der Waals surface area contributed by atoms with E-state index in [1.54, 1.807) is 18.2 Å². The van der Waals surface area contributed by atoms with Gasteiger partial charge in [-0.05, 0) is 23.6 Å².